The van der Waals surface area contributed by atoms with Gasteiger partial charge in [-0.3, -0.25) is 4.79 Å². The third-order valence-corrected chi connectivity index (χ3v) is 4.87. The number of nitrogens with one attached hydrogen (secondary N) is 1. The first-order valence-corrected chi connectivity index (χ1v) is 9.19. The molecule has 1 heterocycles. The lowest BCUT2D eigenvalue weighted by Crippen LogP contribution is -2.17. The van der Waals surface area contributed by atoms with Crippen molar-refractivity contribution < 1.29 is 9.53 Å². The van der Waals surface area contributed by atoms with Crippen LogP contribution in [-0.4, -0.2) is 29.0 Å². The number of benzene rings is 2. The maximum atomic E-state index is 12.2. The normalized spacial score (nSPS) is 11.0. The van der Waals surface area contributed by atoms with Gasteiger partial charge < -0.3 is 4.74 Å². The van der Waals surface area contributed by atoms with Gasteiger partial charge in [0.2, 0.25) is 0 Å². The van der Waals surface area contributed by atoms with Crippen LogP contribution in [0.5, 0.6) is 5.75 Å². The molecule has 28 heavy (non-hydrogen) atoms. The van der Waals surface area contributed by atoms with E-state index in [4.69, 9.17) is 27.9 Å². The molecule has 3 rings (SSSR count). The van der Waals surface area contributed by atoms with Crippen molar-refractivity contribution in [1.29, 1.82) is 0 Å². The molecule has 0 fully saturated rings. The van der Waals surface area contributed by atoms with Crippen LogP contribution in [0.1, 0.15) is 27.2 Å². The molecule has 0 bridgehead atoms. The fourth-order valence-corrected chi connectivity index (χ4v) is 3.05. The quantitative estimate of drug-likeness (QED) is 0.480. The van der Waals surface area contributed by atoms with Crippen molar-refractivity contribution >= 4 is 35.3 Å². The van der Waals surface area contributed by atoms with Gasteiger partial charge >= 0.3 is 0 Å². The summed E-state index contributed by atoms with van der Waals surface area (Å²) in [6, 6.07) is 14.2. The largest absolute Gasteiger partial charge is 0.497 e. The molecule has 0 aliphatic carbocycles. The second-order valence-corrected chi connectivity index (χ2v) is 6.73. The summed E-state index contributed by atoms with van der Waals surface area (Å²) in [5, 5.41) is 9.49. The molecule has 0 saturated carbocycles. The number of methoxy groups -OCH3 is 1. The standard InChI is InChI=1S/C20H18Cl2N4O2/c1-13-17(11-23-24-20(27)14-7-9-16(28-2)10-8-14)19(22)26(25-13)12-15-5-3-4-6-18(15)21/h3-11H,12H2,1-2H3,(H,24,27)/b23-11-. The number of amides is 1. The molecular formula is C20H18Cl2N4O2. The summed E-state index contributed by atoms with van der Waals surface area (Å²) in [6.45, 7) is 2.26. The first kappa shape index (κ1) is 19.9. The molecule has 0 spiro atoms. The fraction of sp³-hybridized carbons (Fsp3) is 0.150. The van der Waals surface area contributed by atoms with Crippen LogP contribution < -0.4 is 10.2 Å². The van der Waals surface area contributed by atoms with Gasteiger partial charge in [0, 0.05) is 10.6 Å². The summed E-state index contributed by atoms with van der Waals surface area (Å²) >= 11 is 12.6. The monoisotopic (exact) mass is 416 g/mol. The maximum Gasteiger partial charge on any atom is 0.271 e. The predicted molar refractivity (Wildman–Crippen MR) is 111 cm³/mol. The number of rotatable bonds is 6. The Morgan fingerprint density at radius 2 is 1.93 bits per heavy atom. The Morgan fingerprint density at radius 1 is 1.21 bits per heavy atom. The first-order valence-electron chi connectivity index (χ1n) is 8.43. The summed E-state index contributed by atoms with van der Waals surface area (Å²) in [7, 11) is 1.57. The fourth-order valence-electron chi connectivity index (χ4n) is 2.57. The number of aromatic nitrogens is 2. The highest BCUT2D eigenvalue weighted by Crippen LogP contribution is 2.22. The van der Waals surface area contributed by atoms with Crippen molar-refractivity contribution in [3.63, 3.8) is 0 Å². The molecule has 0 aliphatic rings. The van der Waals surface area contributed by atoms with E-state index >= 15 is 0 Å². The minimum atomic E-state index is -0.337. The lowest BCUT2D eigenvalue weighted by Gasteiger charge is -2.05. The highest BCUT2D eigenvalue weighted by Gasteiger charge is 2.13. The SMILES string of the molecule is COc1ccc(C(=O)N/N=C\c2c(C)nn(Cc3ccccc3Cl)c2Cl)cc1. The van der Waals surface area contributed by atoms with Crippen LogP contribution >= 0.6 is 23.2 Å². The van der Waals surface area contributed by atoms with Crippen LogP contribution in [0, 0.1) is 6.92 Å². The van der Waals surface area contributed by atoms with Gasteiger partial charge in [-0.1, -0.05) is 41.4 Å². The van der Waals surface area contributed by atoms with Crippen LogP contribution in [0.25, 0.3) is 0 Å². The first-order chi connectivity index (χ1) is 13.5. The molecule has 0 radical (unpaired) electrons. The zero-order valence-corrected chi connectivity index (χ0v) is 16.8. The summed E-state index contributed by atoms with van der Waals surface area (Å²) in [5.74, 6) is 0.338. The van der Waals surface area contributed by atoms with Gasteiger partial charge in [-0.15, -0.1) is 0 Å². The molecule has 0 atom stereocenters. The van der Waals surface area contributed by atoms with Crippen LogP contribution in [-0.2, 0) is 6.54 Å². The minimum absolute atomic E-state index is 0.337. The molecule has 0 saturated heterocycles. The van der Waals surface area contributed by atoms with E-state index in [1.54, 1.807) is 36.1 Å². The molecular weight excluding hydrogens is 399 g/mol. The average molecular weight is 417 g/mol. The second kappa shape index (κ2) is 8.91. The summed E-state index contributed by atoms with van der Waals surface area (Å²) in [4.78, 5) is 12.2. The van der Waals surface area contributed by atoms with Crippen molar-refractivity contribution in [1.82, 2.24) is 15.2 Å². The topological polar surface area (TPSA) is 68.5 Å². The number of ether oxygens (including phenoxy) is 1. The minimum Gasteiger partial charge on any atom is -0.497 e. The molecule has 1 aromatic heterocycles. The Balaban J connectivity index is 1.70. The van der Waals surface area contributed by atoms with Crippen molar-refractivity contribution in [2.24, 2.45) is 5.10 Å². The number of aryl methyl sites for hydroxylation is 1. The molecule has 2 aromatic carbocycles. The second-order valence-electron chi connectivity index (χ2n) is 5.97. The molecule has 3 aromatic rings. The molecule has 1 amide bonds. The third-order valence-electron chi connectivity index (χ3n) is 4.10. The van der Waals surface area contributed by atoms with E-state index in [0.717, 1.165) is 5.56 Å². The number of hydrogen-bond acceptors (Lipinski definition) is 4. The van der Waals surface area contributed by atoms with E-state index in [2.05, 4.69) is 15.6 Å². The van der Waals surface area contributed by atoms with Crippen LogP contribution in [0.3, 0.4) is 0 Å². The highest BCUT2D eigenvalue weighted by atomic mass is 35.5. The maximum absolute atomic E-state index is 12.2. The summed E-state index contributed by atoms with van der Waals surface area (Å²) in [5.41, 5.74) is 5.18. The van der Waals surface area contributed by atoms with Gasteiger partial charge in [0.15, 0.2) is 0 Å². The van der Waals surface area contributed by atoms with E-state index < -0.39 is 0 Å². The number of hydrazone groups is 1. The zero-order chi connectivity index (χ0) is 20.1. The lowest BCUT2D eigenvalue weighted by molar-refractivity contribution is 0.0955. The Morgan fingerprint density at radius 3 is 2.61 bits per heavy atom. The Kier molecular flexibility index (Phi) is 6.34. The average Bonchev–Trinajstić information content (AvgIpc) is 2.97. The van der Waals surface area contributed by atoms with E-state index in [1.165, 1.54) is 6.21 Å². The summed E-state index contributed by atoms with van der Waals surface area (Å²) in [6.07, 6.45) is 1.48. The van der Waals surface area contributed by atoms with Crippen molar-refractivity contribution in [3.05, 3.63) is 81.1 Å². The van der Waals surface area contributed by atoms with E-state index in [-0.39, 0.29) is 5.91 Å². The predicted octanol–water partition coefficient (Wildman–Crippen LogP) is 4.32. The van der Waals surface area contributed by atoms with Gasteiger partial charge in [-0.25, -0.2) is 10.1 Å². The van der Waals surface area contributed by atoms with Crippen molar-refractivity contribution in [2.45, 2.75) is 13.5 Å². The Hall–Kier alpha value is -2.83. The van der Waals surface area contributed by atoms with E-state index in [1.807, 2.05) is 31.2 Å². The molecule has 0 unspecified atom stereocenters. The van der Waals surface area contributed by atoms with Crippen molar-refractivity contribution in [3.8, 4) is 5.75 Å². The molecule has 6 nitrogen and oxygen atoms in total. The van der Waals surface area contributed by atoms with Gasteiger partial charge in [-0.2, -0.15) is 10.2 Å². The van der Waals surface area contributed by atoms with Gasteiger partial charge in [0.25, 0.3) is 5.91 Å². The van der Waals surface area contributed by atoms with Gasteiger partial charge in [0.05, 0.1) is 31.1 Å². The number of carbonyl (C=O) groups excluding carboxylic acids is 1. The third kappa shape index (κ3) is 4.52. The molecule has 8 heteroatoms. The number of nitrogens with zero attached hydrogens (tertiary/aromatic N) is 3. The lowest BCUT2D eigenvalue weighted by atomic mass is 10.2. The smallest absolute Gasteiger partial charge is 0.271 e. The van der Waals surface area contributed by atoms with Crippen LogP contribution in [0.2, 0.25) is 10.2 Å². The van der Waals surface area contributed by atoms with Gasteiger partial charge in [0.1, 0.15) is 10.9 Å². The van der Waals surface area contributed by atoms with Crippen LogP contribution in [0.4, 0.5) is 0 Å². The number of halogens is 2. The Bertz CT molecular complexity index is 1010. The van der Waals surface area contributed by atoms with Crippen molar-refractivity contribution in [2.75, 3.05) is 7.11 Å². The zero-order valence-electron chi connectivity index (χ0n) is 15.3. The molecule has 144 valence electrons. The van der Waals surface area contributed by atoms with E-state index in [9.17, 15) is 4.79 Å². The molecule has 1 N–H and O–H groups in total. The van der Waals surface area contributed by atoms with Crippen LogP contribution in [0.15, 0.2) is 53.6 Å². The molecule has 0 aliphatic heterocycles. The Labute approximate surface area is 172 Å². The highest BCUT2D eigenvalue weighted by molar-refractivity contribution is 6.32. The van der Waals surface area contributed by atoms with E-state index in [0.29, 0.717) is 39.3 Å². The van der Waals surface area contributed by atoms with Gasteiger partial charge in [-0.05, 0) is 42.8 Å². The summed E-state index contributed by atoms with van der Waals surface area (Å²) < 4.78 is 6.72. The number of carbonyl (C=O) groups is 1. The number of hydrogen-bond donors (Lipinski definition) is 1.